The van der Waals surface area contributed by atoms with Gasteiger partial charge in [0.1, 0.15) is 5.82 Å². The van der Waals surface area contributed by atoms with Gasteiger partial charge in [-0.25, -0.2) is 4.98 Å². The summed E-state index contributed by atoms with van der Waals surface area (Å²) in [4.78, 5) is 4.21. The lowest BCUT2D eigenvalue weighted by Gasteiger charge is -2.12. The van der Waals surface area contributed by atoms with E-state index in [1.807, 2.05) is 13.0 Å². The van der Waals surface area contributed by atoms with Gasteiger partial charge in [-0.15, -0.1) is 0 Å². The normalized spacial score (nSPS) is 10.0. The van der Waals surface area contributed by atoms with Crippen LogP contribution in [0.3, 0.4) is 0 Å². The molecule has 96 valence electrons. The molecule has 2 aromatic rings. The van der Waals surface area contributed by atoms with Gasteiger partial charge >= 0.3 is 0 Å². The summed E-state index contributed by atoms with van der Waals surface area (Å²) in [7, 11) is 0. The topological polar surface area (TPSA) is 74.7 Å². The maximum Gasteiger partial charge on any atom is 0.145 e. The second kappa shape index (κ2) is 5.47. The fourth-order valence-electron chi connectivity index (χ4n) is 1.49. The van der Waals surface area contributed by atoms with Crippen LogP contribution in [0.4, 0.5) is 17.2 Å². The van der Waals surface area contributed by atoms with Crippen LogP contribution in [0.25, 0.3) is 0 Å². The van der Waals surface area contributed by atoms with Gasteiger partial charge in [-0.3, -0.25) is 0 Å². The van der Waals surface area contributed by atoms with Gasteiger partial charge in [0.05, 0.1) is 38.7 Å². The number of pyridine rings is 1. The first-order valence-electron chi connectivity index (χ1n) is 5.40. The van der Waals surface area contributed by atoms with Crippen LogP contribution in [-0.4, -0.2) is 4.98 Å². The number of nitrogen functional groups attached to an aromatic ring is 1. The van der Waals surface area contributed by atoms with Crippen molar-refractivity contribution in [2.24, 2.45) is 0 Å². The lowest BCUT2D eigenvalue weighted by Crippen LogP contribution is -2.00. The molecule has 19 heavy (non-hydrogen) atoms. The van der Waals surface area contributed by atoms with Gasteiger partial charge in [-0.2, -0.15) is 5.26 Å². The van der Waals surface area contributed by atoms with Gasteiger partial charge in [0.2, 0.25) is 0 Å². The van der Waals surface area contributed by atoms with Crippen molar-refractivity contribution in [1.29, 1.82) is 5.26 Å². The Balaban J connectivity index is 2.37. The van der Waals surface area contributed by atoms with E-state index in [1.165, 1.54) is 0 Å². The molecule has 3 N–H and O–H groups in total. The summed E-state index contributed by atoms with van der Waals surface area (Å²) >= 11 is 9.54. The van der Waals surface area contributed by atoms with Gasteiger partial charge in [0.15, 0.2) is 0 Å². The molecule has 1 aromatic carbocycles. The summed E-state index contributed by atoms with van der Waals surface area (Å²) in [5.41, 5.74) is 8.48. The van der Waals surface area contributed by atoms with E-state index in [2.05, 4.69) is 26.2 Å². The van der Waals surface area contributed by atoms with Crippen molar-refractivity contribution >= 4 is 44.7 Å². The molecule has 1 aromatic heterocycles. The van der Waals surface area contributed by atoms with Crippen LogP contribution in [-0.2, 0) is 0 Å². The minimum absolute atomic E-state index is 0.460. The molecular weight excluding hydrogens is 328 g/mol. The molecule has 0 saturated carbocycles. The van der Waals surface area contributed by atoms with E-state index in [-0.39, 0.29) is 0 Å². The number of benzene rings is 1. The number of aromatic nitrogens is 1. The number of anilines is 3. The highest BCUT2D eigenvalue weighted by Crippen LogP contribution is 2.32. The Morgan fingerprint density at radius 2 is 2.21 bits per heavy atom. The monoisotopic (exact) mass is 336 g/mol. The molecule has 0 aliphatic rings. The van der Waals surface area contributed by atoms with Crippen molar-refractivity contribution in [2.75, 3.05) is 11.1 Å². The number of nitrogens with zero attached hydrogens (tertiary/aromatic N) is 2. The average molecular weight is 338 g/mol. The molecule has 0 saturated heterocycles. The van der Waals surface area contributed by atoms with Crippen molar-refractivity contribution in [3.63, 3.8) is 0 Å². The molecule has 0 spiro atoms. The van der Waals surface area contributed by atoms with E-state index in [0.717, 1.165) is 10.0 Å². The number of hydrogen-bond donors (Lipinski definition) is 2. The third-order valence-corrected chi connectivity index (χ3v) is 3.94. The minimum Gasteiger partial charge on any atom is -0.397 e. The number of rotatable bonds is 2. The molecule has 0 radical (unpaired) electrons. The summed E-state index contributed by atoms with van der Waals surface area (Å²) in [5.74, 6) is 0.623. The van der Waals surface area contributed by atoms with Crippen molar-refractivity contribution in [3.05, 3.63) is 45.0 Å². The van der Waals surface area contributed by atoms with Crippen LogP contribution in [0, 0.1) is 18.3 Å². The van der Waals surface area contributed by atoms with E-state index in [9.17, 15) is 0 Å². The molecule has 1 heterocycles. The summed E-state index contributed by atoms with van der Waals surface area (Å²) in [6.45, 7) is 1.90. The SMILES string of the molecule is Cc1c(N)cnc(Nc2ccc(C#N)cc2Cl)c1Br. The van der Waals surface area contributed by atoms with E-state index in [1.54, 1.807) is 24.4 Å². The molecule has 0 aliphatic carbocycles. The maximum atomic E-state index is 8.79. The number of nitriles is 1. The fourth-order valence-corrected chi connectivity index (χ4v) is 2.15. The number of nitrogens with one attached hydrogen (secondary N) is 1. The maximum absolute atomic E-state index is 8.79. The lowest BCUT2D eigenvalue weighted by molar-refractivity contribution is 1.25. The predicted molar refractivity (Wildman–Crippen MR) is 80.5 cm³/mol. The Morgan fingerprint density at radius 1 is 1.47 bits per heavy atom. The Hall–Kier alpha value is -1.77. The van der Waals surface area contributed by atoms with Crippen molar-refractivity contribution in [1.82, 2.24) is 4.98 Å². The number of halogens is 2. The van der Waals surface area contributed by atoms with Crippen LogP contribution in [0.1, 0.15) is 11.1 Å². The second-order valence-corrected chi connectivity index (χ2v) is 5.13. The molecule has 4 nitrogen and oxygen atoms in total. The van der Waals surface area contributed by atoms with E-state index < -0.39 is 0 Å². The van der Waals surface area contributed by atoms with Crippen LogP contribution in [0.5, 0.6) is 0 Å². The molecular formula is C13H10BrClN4. The van der Waals surface area contributed by atoms with Crippen LogP contribution in [0.15, 0.2) is 28.9 Å². The second-order valence-electron chi connectivity index (χ2n) is 3.93. The van der Waals surface area contributed by atoms with E-state index >= 15 is 0 Å². The molecule has 0 atom stereocenters. The Labute approximate surface area is 124 Å². The third kappa shape index (κ3) is 2.80. The van der Waals surface area contributed by atoms with Crippen molar-refractivity contribution in [2.45, 2.75) is 6.92 Å². The standard InChI is InChI=1S/C13H10BrClN4/c1-7-10(17)6-18-13(12(7)14)19-11-3-2-8(5-16)4-9(11)15/h2-4,6H,17H2,1H3,(H,18,19). The highest BCUT2D eigenvalue weighted by atomic mass is 79.9. The van der Waals surface area contributed by atoms with E-state index in [4.69, 9.17) is 22.6 Å². The summed E-state index contributed by atoms with van der Waals surface area (Å²) < 4.78 is 0.785. The molecule has 0 aliphatic heterocycles. The molecule has 0 unspecified atom stereocenters. The van der Waals surface area contributed by atoms with Crippen LogP contribution < -0.4 is 11.1 Å². The first kappa shape index (κ1) is 13.7. The Morgan fingerprint density at radius 3 is 2.84 bits per heavy atom. The third-order valence-electron chi connectivity index (χ3n) is 2.65. The summed E-state index contributed by atoms with van der Waals surface area (Å²) in [5, 5.41) is 12.4. The quantitative estimate of drug-likeness (QED) is 0.868. The summed E-state index contributed by atoms with van der Waals surface area (Å²) in [6.07, 6.45) is 1.58. The highest BCUT2D eigenvalue weighted by molar-refractivity contribution is 9.10. The van der Waals surface area contributed by atoms with Crippen molar-refractivity contribution in [3.8, 4) is 6.07 Å². The smallest absolute Gasteiger partial charge is 0.145 e. The fraction of sp³-hybridized carbons (Fsp3) is 0.0769. The number of nitrogens with two attached hydrogens (primary N) is 1. The van der Waals surface area contributed by atoms with Gasteiger partial charge < -0.3 is 11.1 Å². The van der Waals surface area contributed by atoms with Gasteiger partial charge in [0, 0.05) is 0 Å². The zero-order valence-electron chi connectivity index (χ0n) is 10.0. The zero-order chi connectivity index (χ0) is 14.0. The van der Waals surface area contributed by atoms with Gasteiger partial charge in [0.25, 0.3) is 0 Å². The first-order valence-corrected chi connectivity index (χ1v) is 6.57. The molecule has 6 heteroatoms. The minimum atomic E-state index is 0.460. The molecule has 0 fully saturated rings. The Kier molecular flexibility index (Phi) is 3.93. The molecule has 0 amide bonds. The molecule has 0 bridgehead atoms. The predicted octanol–water partition coefficient (Wildman–Crippen LogP) is 4.00. The van der Waals surface area contributed by atoms with E-state index in [0.29, 0.717) is 27.8 Å². The van der Waals surface area contributed by atoms with Crippen LogP contribution >= 0.6 is 27.5 Å². The Bertz CT molecular complexity index is 679. The number of hydrogen-bond acceptors (Lipinski definition) is 4. The van der Waals surface area contributed by atoms with Gasteiger partial charge in [-0.1, -0.05) is 11.6 Å². The lowest BCUT2D eigenvalue weighted by atomic mass is 10.2. The molecule has 2 rings (SSSR count). The highest BCUT2D eigenvalue weighted by Gasteiger charge is 2.09. The van der Waals surface area contributed by atoms with Crippen molar-refractivity contribution < 1.29 is 0 Å². The average Bonchev–Trinajstić information content (AvgIpc) is 2.41. The van der Waals surface area contributed by atoms with Crippen LogP contribution in [0.2, 0.25) is 5.02 Å². The largest absolute Gasteiger partial charge is 0.397 e. The van der Waals surface area contributed by atoms with Gasteiger partial charge in [-0.05, 0) is 46.6 Å². The summed E-state index contributed by atoms with van der Waals surface area (Å²) in [6, 6.07) is 7.06. The zero-order valence-corrected chi connectivity index (χ0v) is 12.4. The first-order chi connectivity index (χ1) is 9.02.